The maximum absolute atomic E-state index is 8.91. The molecule has 0 unspecified atom stereocenters. The molecule has 0 aromatic carbocycles. The molecule has 4 heteroatoms. The Morgan fingerprint density at radius 2 is 2.29 bits per heavy atom. The van der Waals surface area contributed by atoms with Gasteiger partial charge in [-0.2, -0.15) is 0 Å². The van der Waals surface area contributed by atoms with Crippen LogP contribution in [0, 0.1) is 0 Å². The van der Waals surface area contributed by atoms with Crippen LogP contribution in [-0.4, -0.2) is 29.8 Å². The number of hydrogen-bond donors (Lipinski definition) is 2. The first-order chi connectivity index (χ1) is 6.79. The minimum atomic E-state index is 0.133. The number of nitrogen functional groups attached to an aromatic ring is 1. The molecule has 3 N–H and O–H groups in total. The number of aliphatic hydroxyl groups excluding tert-OH is 1. The van der Waals surface area contributed by atoms with Gasteiger partial charge in [-0.25, -0.2) is 4.98 Å². The summed E-state index contributed by atoms with van der Waals surface area (Å²) >= 11 is 0. The van der Waals surface area contributed by atoms with Crippen molar-refractivity contribution in [1.82, 2.24) is 4.98 Å². The van der Waals surface area contributed by atoms with E-state index in [1.165, 1.54) is 0 Å². The lowest BCUT2D eigenvalue weighted by molar-refractivity contribution is 0.302. The molecule has 0 bridgehead atoms. The van der Waals surface area contributed by atoms with Crippen molar-refractivity contribution >= 4 is 11.5 Å². The third kappa shape index (κ3) is 2.60. The summed E-state index contributed by atoms with van der Waals surface area (Å²) in [6.45, 7) is 3.71. The van der Waals surface area contributed by atoms with E-state index in [4.69, 9.17) is 10.8 Å². The molecule has 0 spiro atoms. The second-order valence-electron chi connectivity index (χ2n) is 3.12. The molecule has 0 saturated heterocycles. The average Bonchev–Trinajstić information content (AvgIpc) is 2.18. The Labute approximate surface area is 84.4 Å². The van der Waals surface area contributed by atoms with Crippen molar-refractivity contribution in [3.63, 3.8) is 0 Å². The van der Waals surface area contributed by atoms with Crippen LogP contribution in [-0.2, 0) is 0 Å². The molecule has 0 aliphatic heterocycles. The minimum Gasteiger partial charge on any atom is -0.395 e. The number of pyridine rings is 1. The summed E-state index contributed by atoms with van der Waals surface area (Å²) in [6.07, 6.45) is 2.69. The highest BCUT2D eigenvalue weighted by atomic mass is 16.3. The zero-order valence-corrected chi connectivity index (χ0v) is 8.48. The first kappa shape index (κ1) is 10.8. The summed E-state index contributed by atoms with van der Waals surface area (Å²) in [7, 11) is 0. The molecule has 0 amide bonds. The van der Waals surface area contributed by atoms with Gasteiger partial charge in [0, 0.05) is 19.3 Å². The van der Waals surface area contributed by atoms with Gasteiger partial charge >= 0.3 is 0 Å². The Balaban J connectivity index is 2.81. The highest BCUT2D eigenvalue weighted by molar-refractivity contribution is 5.62. The Morgan fingerprint density at radius 1 is 1.50 bits per heavy atom. The first-order valence-electron chi connectivity index (χ1n) is 4.86. The fourth-order valence-corrected chi connectivity index (χ4v) is 1.42. The van der Waals surface area contributed by atoms with E-state index in [0.717, 1.165) is 18.7 Å². The van der Waals surface area contributed by atoms with Crippen LogP contribution in [0.1, 0.15) is 13.3 Å². The zero-order chi connectivity index (χ0) is 10.4. The van der Waals surface area contributed by atoms with Crippen molar-refractivity contribution < 1.29 is 5.11 Å². The van der Waals surface area contributed by atoms with Crippen molar-refractivity contribution in [3.05, 3.63) is 18.3 Å². The minimum absolute atomic E-state index is 0.133. The number of aromatic nitrogens is 1. The maximum Gasteiger partial charge on any atom is 0.146 e. The molecule has 1 aromatic rings. The van der Waals surface area contributed by atoms with Gasteiger partial charge in [-0.15, -0.1) is 0 Å². The van der Waals surface area contributed by atoms with Crippen LogP contribution in [0.15, 0.2) is 18.3 Å². The smallest absolute Gasteiger partial charge is 0.146 e. The Kier molecular flexibility index (Phi) is 4.19. The third-order valence-corrected chi connectivity index (χ3v) is 2.02. The van der Waals surface area contributed by atoms with Gasteiger partial charge in [0.1, 0.15) is 5.82 Å². The lowest BCUT2D eigenvalue weighted by Gasteiger charge is -2.23. The monoisotopic (exact) mass is 195 g/mol. The van der Waals surface area contributed by atoms with E-state index in [9.17, 15) is 0 Å². The quantitative estimate of drug-likeness (QED) is 0.732. The van der Waals surface area contributed by atoms with Crippen molar-refractivity contribution in [2.45, 2.75) is 13.3 Å². The Morgan fingerprint density at radius 3 is 2.86 bits per heavy atom. The first-order valence-corrected chi connectivity index (χ1v) is 4.86. The zero-order valence-electron chi connectivity index (χ0n) is 8.48. The highest BCUT2D eigenvalue weighted by Gasteiger charge is 2.07. The van der Waals surface area contributed by atoms with E-state index >= 15 is 0 Å². The lowest BCUT2D eigenvalue weighted by atomic mass is 10.3. The Bertz CT molecular complexity index is 272. The number of hydrogen-bond acceptors (Lipinski definition) is 4. The van der Waals surface area contributed by atoms with Gasteiger partial charge in [-0.1, -0.05) is 6.92 Å². The standard InChI is InChI=1S/C10H17N3O/c1-2-6-13(7-8-14)9-4-3-5-12-10(9)11/h3-5,14H,2,6-8H2,1H3,(H2,11,12). The van der Waals surface area contributed by atoms with Gasteiger partial charge in [0.25, 0.3) is 0 Å². The molecule has 1 heterocycles. The summed E-state index contributed by atoms with van der Waals surface area (Å²) in [5, 5.41) is 8.91. The van der Waals surface area contributed by atoms with E-state index in [1.54, 1.807) is 6.20 Å². The second kappa shape index (κ2) is 5.44. The van der Waals surface area contributed by atoms with Crippen molar-refractivity contribution in [3.8, 4) is 0 Å². The molecule has 0 fully saturated rings. The molecule has 0 aliphatic carbocycles. The molecule has 4 nitrogen and oxygen atoms in total. The van der Waals surface area contributed by atoms with E-state index in [2.05, 4.69) is 11.9 Å². The Hall–Kier alpha value is -1.29. The van der Waals surface area contributed by atoms with E-state index in [1.807, 2.05) is 17.0 Å². The highest BCUT2D eigenvalue weighted by Crippen LogP contribution is 2.19. The molecule has 1 rings (SSSR count). The predicted octanol–water partition coefficient (Wildman–Crippen LogP) is 0.873. The number of anilines is 2. The van der Waals surface area contributed by atoms with E-state index < -0.39 is 0 Å². The van der Waals surface area contributed by atoms with Crippen LogP contribution >= 0.6 is 0 Å². The third-order valence-electron chi connectivity index (χ3n) is 2.02. The molecule has 14 heavy (non-hydrogen) atoms. The normalized spacial score (nSPS) is 10.1. The van der Waals surface area contributed by atoms with Crippen LogP contribution in [0.5, 0.6) is 0 Å². The largest absolute Gasteiger partial charge is 0.395 e. The molecule has 78 valence electrons. The van der Waals surface area contributed by atoms with Gasteiger partial charge in [-0.05, 0) is 18.6 Å². The molecule has 1 aromatic heterocycles. The van der Waals surface area contributed by atoms with E-state index in [-0.39, 0.29) is 6.61 Å². The predicted molar refractivity (Wildman–Crippen MR) is 58.2 cm³/mol. The molecule has 0 atom stereocenters. The summed E-state index contributed by atoms with van der Waals surface area (Å²) in [5.41, 5.74) is 6.65. The summed E-state index contributed by atoms with van der Waals surface area (Å²) in [4.78, 5) is 6.06. The van der Waals surface area contributed by atoms with Crippen LogP contribution in [0.25, 0.3) is 0 Å². The topological polar surface area (TPSA) is 62.4 Å². The van der Waals surface area contributed by atoms with Gasteiger partial charge < -0.3 is 15.7 Å². The second-order valence-corrected chi connectivity index (χ2v) is 3.12. The molecular formula is C10H17N3O. The van der Waals surface area contributed by atoms with Gasteiger partial charge in [-0.3, -0.25) is 0 Å². The maximum atomic E-state index is 8.91. The fourth-order valence-electron chi connectivity index (χ4n) is 1.42. The lowest BCUT2D eigenvalue weighted by Crippen LogP contribution is -2.28. The van der Waals surface area contributed by atoms with Gasteiger partial charge in [0.05, 0.1) is 12.3 Å². The van der Waals surface area contributed by atoms with Gasteiger partial charge in [0.2, 0.25) is 0 Å². The molecule has 0 radical (unpaired) electrons. The summed E-state index contributed by atoms with van der Waals surface area (Å²) < 4.78 is 0. The number of rotatable bonds is 5. The van der Waals surface area contributed by atoms with Crippen molar-refractivity contribution in [2.24, 2.45) is 0 Å². The summed E-state index contributed by atoms with van der Waals surface area (Å²) in [5.74, 6) is 0.523. The fraction of sp³-hybridized carbons (Fsp3) is 0.500. The van der Waals surface area contributed by atoms with Crippen molar-refractivity contribution in [1.29, 1.82) is 0 Å². The number of aliphatic hydroxyl groups is 1. The SMILES string of the molecule is CCCN(CCO)c1cccnc1N. The van der Waals surface area contributed by atoms with Gasteiger partial charge in [0.15, 0.2) is 0 Å². The molecular weight excluding hydrogens is 178 g/mol. The number of nitrogens with two attached hydrogens (primary N) is 1. The number of nitrogens with zero attached hydrogens (tertiary/aromatic N) is 2. The van der Waals surface area contributed by atoms with Crippen LogP contribution in [0.2, 0.25) is 0 Å². The van der Waals surface area contributed by atoms with Crippen LogP contribution in [0.4, 0.5) is 11.5 Å². The average molecular weight is 195 g/mol. The van der Waals surface area contributed by atoms with Crippen LogP contribution < -0.4 is 10.6 Å². The molecule has 0 aliphatic rings. The molecule has 0 saturated carbocycles. The van der Waals surface area contributed by atoms with E-state index in [0.29, 0.717) is 12.4 Å². The summed E-state index contributed by atoms with van der Waals surface area (Å²) in [6, 6.07) is 3.78. The van der Waals surface area contributed by atoms with Crippen LogP contribution in [0.3, 0.4) is 0 Å². The van der Waals surface area contributed by atoms with Crippen molar-refractivity contribution in [2.75, 3.05) is 30.3 Å².